The number of rotatable bonds is 5. The zero-order valence-corrected chi connectivity index (χ0v) is 15.6. The molecule has 0 radical (unpaired) electrons. The Balaban J connectivity index is 1.82. The van der Waals surface area contributed by atoms with Crippen molar-refractivity contribution in [2.75, 3.05) is 0 Å². The molecule has 0 aliphatic heterocycles. The maximum atomic E-state index is 12.7. The van der Waals surface area contributed by atoms with E-state index < -0.39 is 0 Å². The van der Waals surface area contributed by atoms with Crippen LogP contribution in [0.1, 0.15) is 39.4 Å². The number of carbonyl (C=O) groups is 1. The van der Waals surface area contributed by atoms with E-state index >= 15 is 0 Å². The number of carbonyl (C=O) groups excluding carboxylic acids is 1. The van der Waals surface area contributed by atoms with Crippen LogP contribution in [0.4, 0.5) is 0 Å². The van der Waals surface area contributed by atoms with Gasteiger partial charge in [-0.1, -0.05) is 78.4 Å². The van der Waals surface area contributed by atoms with E-state index in [2.05, 4.69) is 74.6 Å². The van der Waals surface area contributed by atoms with Crippen molar-refractivity contribution in [3.8, 4) is 0 Å². The second-order valence-electron chi connectivity index (χ2n) is 6.92. The molecule has 2 nitrogen and oxygen atoms in total. The maximum absolute atomic E-state index is 12.7. The van der Waals surface area contributed by atoms with Gasteiger partial charge >= 0.3 is 0 Å². The fraction of sp³-hybridized carbons (Fsp3) is 0.208. The second kappa shape index (κ2) is 8.01. The summed E-state index contributed by atoms with van der Waals surface area (Å²) in [6.07, 6.45) is 0.385. The summed E-state index contributed by atoms with van der Waals surface area (Å²) in [6.45, 7) is 6.23. The predicted molar refractivity (Wildman–Crippen MR) is 107 cm³/mol. The fourth-order valence-electron chi connectivity index (χ4n) is 3.07. The molecule has 0 aromatic heterocycles. The quantitative estimate of drug-likeness (QED) is 0.689. The lowest BCUT2D eigenvalue weighted by molar-refractivity contribution is -0.120. The smallest absolute Gasteiger partial charge is 0.225 e. The third kappa shape index (κ3) is 4.40. The van der Waals surface area contributed by atoms with E-state index in [-0.39, 0.29) is 11.9 Å². The van der Waals surface area contributed by atoms with Crippen molar-refractivity contribution < 1.29 is 4.79 Å². The van der Waals surface area contributed by atoms with Crippen molar-refractivity contribution in [3.63, 3.8) is 0 Å². The van der Waals surface area contributed by atoms with Gasteiger partial charge in [0, 0.05) is 0 Å². The molecule has 132 valence electrons. The molecule has 0 aliphatic rings. The summed E-state index contributed by atoms with van der Waals surface area (Å²) in [5, 5.41) is 3.21. The number of hydrogen-bond acceptors (Lipinski definition) is 1. The highest BCUT2D eigenvalue weighted by molar-refractivity contribution is 5.79. The Kier molecular flexibility index (Phi) is 5.52. The zero-order chi connectivity index (χ0) is 18.5. The van der Waals surface area contributed by atoms with E-state index in [4.69, 9.17) is 0 Å². The van der Waals surface area contributed by atoms with Crippen LogP contribution in [-0.4, -0.2) is 5.91 Å². The Labute approximate surface area is 155 Å². The van der Waals surface area contributed by atoms with Gasteiger partial charge in [0.15, 0.2) is 0 Å². The van der Waals surface area contributed by atoms with Gasteiger partial charge in [0.1, 0.15) is 0 Å². The Morgan fingerprint density at radius 1 is 0.808 bits per heavy atom. The minimum atomic E-state index is -0.143. The molecule has 26 heavy (non-hydrogen) atoms. The second-order valence-corrected chi connectivity index (χ2v) is 6.92. The van der Waals surface area contributed by atoms with Crippen molar-refractivity contribution in [3.05, 3.63) is 106 Å². The molecule has 0 heterocycles. The molecule has 1 N–H and O–H groups in total. The van der Waals surface area contributed by atoms with E-state index in [1.807, 2.05) is 24.3 Å². The summed E-state index contributed by atoms with van der Waals surface area (Å²) in [6, 6.07) is 24.5. The van der Waals surface area contributed by atoms with Gasteiger partial charge in [-0.25, -0.2) is 0 Å². The highest BCUT2D eigenvalue weighted by Crippen LogP contribution is 2.22. The fourth-order valence-corrected chi connectivity index (χ4v) is 3.07. The lowest BCUT2D eigenvalue weighted by Crippen LogP contribution is -2.30. The van der Waals surface area contributed by atoms with Crippen LogP contribution < -0.4 is 5.32 Å². The van der Waals surface area contributed by atoms with E-state index in [0.717, 1.165) is 16.7 Å². The van der Waals surface area contributed by atoms with Crippen molar-refractivity contribution in [1.82, 2.24) is 5.32 Å². The first-order chi connectivity index (χ1) is 12.5. The van der Waals surface area contributed by atoms with Crippen LogP contribution in [0.3, 0.4) is 0 Å². The Hall–Kier alpha value is -2.87. The van der Waals surface area contributed by atoms with Crippen LogP contribution in [0.5, 0.6) is 0 Å². The average molecular weight is 343 g/mol. The highest BCUT2D eigenvalue weighted by atomic mass is 16.1. The molecule has 2 heteroatoms. The highest BCUT2D eigenvalue weighted by Gasteiger charge is 2.17. The maximum Gasteiger partial charge on any atom is 0.225 e. The molecule has 0 fully saturated rings. The first-order valence-corrected chi connectivity index (χ1v) is 9.00. The third-order valence-corrected chi connectivity index (χ3v) is 4.78. The Morgan fingerprint density at radius 2 is 1.46 bits per heavy atom. The zero-order valence-electron chi connectivity index (χ0n) is 15.6. The summed E-state index contributed by atoms with van der Waals surface area (Å²) in [5.41, 5.74) is 6.90. The summed E-state index contributed by atoms with van der Waals surface area (Å²) >= 11 is 0. The number of benzene rings is 3. The molecule has 1 atom stereocenters. The van der Waals surface area contributed by atoms with E-state index in [9.17, 15) is 4.79 Å². The van der Waals surface area contributed by atoms with Gasteiger partial charge < -0.3 is 5.32 Å². The minimum Gasteiger partial charge on any atom is -0.345 e. The van der Waals surface area contributed by atoms with Crippen molar-refractivity contribution in [2.45, 2.75) is 33.2 Å². The molecular formula is C24H25NO. The first kappa shape index (κ1) is 17.9. The molecule has 3 aromatic carbocycles. The summed E-state index contributed by atoms with van der Waals surface area (Å²) < 4.78 is 0. The Morgan fingerprint density at radius 3 is 2.12 bits per heavy atom. The Bertz CT molecular complexity index is 882. The molecular weight excluding hydrogens is 318 g/mol. The monoisotopic (exact) mass is 343 g/mol. The van der Waals surface area contributed by atoms with Crippen LogP contribution >= 0.6 is 0 Å². The number of hydrogen-bond donors (Lipinski definition) is 1. The van der Waals surface area contributed by atoms with Crippen LogP contribution in [0.2, 0.25) is 0 Å². The average Bonchev–Trinajstić information content (AvgIpc) is 2.64. The minimum absolute atomic E-state index is 0.0303. The van der Waals surface area contributed by atoms with E-state index in [1.54, 1.807) is 0 Å². The normalized spacial score (nSPS) is 11.8. The van der Waals surface area contributed by atoms with Gasteiger partial charge in [0.2, 0.25) is 5.91 Å². The third-order valence-electron chi connectivity index (χ3n) is 4.78. The number of amides is 1. The first-order valence-electron chi connectivity index (χ1n) is 9.00. The van der Waals surface area contributed by atoms with Crippen LogP contribution in [-0.2, 0) is 11.2 Å². The van der Waals surface area contributed by atoms with Crippen LogP contribution in [0.15, 0.2) is 72.8 Å². The van der Waals surface area contributed by atoms with Gasteiger partial charge in [-0.3, -0.25) is 4.79 Å². The van der Waals surface area contributed by atoms with E-state index in [0.29, 0.717) is 6.42 Å². The van der Waals surface area contributed by atoms with Gasteiger partial charge in [0.25, 0.3) is 0 Å². The topological polar surface area (TPSA) is 29.1 Å². The lowest BCUT2D eigenvalue weighted by atomic mass is 9.97. The standard InChI is InChI=1S/C24H25NO/c1-17-9-13-22(14-10-17)24(21-7-5-4-6-8-21)25-23(26)16-20-12-11-18(2)19(3)15-20/h4-15,24H,16H2,1-3H3,(H,25,26). The van der Waals surface area contributed by atoms with Crippen LogP contribution in [0.25, 0.3) is 0 Å². The molecule has 1 unspecified atom stereocenters. The molecule has 3 rings (SSSR count). The largest absolute Gasteiger partial charge is 0.345 e. The van der Waals surface area contributed by atoms with Crippen molar-refractivity contribution >= 4 is 5.91 Å². The summed E-state index contributed by atoms with van der Waals surface area (Å²) in [4.78, 5) is 12.7. The summed E-state index contributed by atoms with van der Waals surface area (Å²) in [5.74, 6) is 0.0303. The molecule has 3 aromatic rings. The van der Waals surface area contributed by atoms with Gasteiger partial charge in [-0.05, 0) is 48.6 Å². The number of aryl methyl sites for hydroxylation is 3. The molecule has 0 bridgehead atoms. The van der Waals surface area contributed by atoms with Crippen molar-refractivity contribution in [2.24, 2.45) is 0 Å². The van der Waals surface area contributed by atoms with Crippen LogP contribution in [0, 0.1) is 20.8 Å². The molecule has 0 spiro atoms. The summed E-state index contributed by atoms with van der Waals surface area (Å²) in [7, 11) is 0. The molecule has 0 saturated carbocycles. The molecule has 0 aliphatic carbocycles. The SMILES string of the molecule is Cc1ccc(C(NC(=O)Cc2ccc(C)c(C)c2)c2ccccc2)cc1. The lowest BCUT2D eigenvalue weighted by Gasteiger charge is -2.20. The van der Waals surface area contributed by atoms with Gasteiger partial charge in [-0.15, -0.1) is 0 Å². The molecule has 0 saturated heterocycles. The number of nitrogens with one attached hydrogen (secondary N) is 1. The van der Waals surface area contributed by atoms with Crippen molar-refractivity contribution in [1.29, 1.82) is 0 Å². The van der Waals surface area contributed by atoms with Gasteiger partial charge in [0.05, 0.1) is 12.5 Å². The predicted octanol–water partition coefficient (Wildman–Crippen LogP) is 5.06. The van der Waals surface area contributed by atoms with E-state index in [1.165, 1.54) is 16.7 Å². The molecule has 1 amide bonds. The van der Waals surface area contributed by atoms with Gasteiger partial charge in [-0.2, -0.15) is 0 Å².